The molecule has 1 aromatic carbocycles. The lowest BCUT2D eigenvalue weighted by Crippen LogP contribution is -2.56. The van der Waals surface area contributed by atoms with Crippen molar-refractivity contribution >= 4 is 34.3 Å². The van der Waals surface area contributed by atoms with Crippen molar-refractivity contribution in [1.82, 2.24) is 20.4 Å². The number of nitrogens with two attached hydrogens (primary N) is 1. The third-order valence-corrected chi connectivity index (χ3v) is 5.84. The van der Waals surface area contributed by atoms with Gasteiger partial charge in [-0.3, -0.25) is 14.3 Å². The number of hydrogen-bond donors (Lipinski definition) is 3. The van der Waals surface area contributed by atoms with Crippen LogP contribution >= 0.6 is 11.6 Å². The number of fused-ring (bicyclic) bond motifs is 1. The number of amides is 2. The molecule has 0 radical (unpaired) electrons. The Morgan fingerprint density at radius 3 is 2.63 bits per heavy atom. The van der Waals surface area contributed by atoms with Gasteiger partial charge < -0.3 is 16.4 Å². The number of aryl methyl sites for hydroxylation is 1. The van der Waals surface area contributed by atoms with Crippen LogP contribution < -0.4 is 16.4 Å². The van der Waals surface area contributed by atoms with Gasteiger partial charge in [0.2, 0.25) is 5.91 Å². The molecule has 1 saturated carbocycles. The van der Waals surface area contributed by atoms with Gasteiger partial charge in [-0.2, -0.15) is 5.10 Å². The SMILES string of the molecule is CC(C)(C)[C@H](NC(=O)c1nn(CCCCN)c2ccc(Cl)cc12)C(=O)NC1CCC1. The summed E-state index contributed by atoms with van der Waals surface area (Å²) in [7, 11) is 0. The van der Waals surface area contributed by atoms with E-state index in [2.05, 4.69) is 15.7 Å². The smallest absolute Gasteiger partial charge is 0.273 e. The highest BCUT2D eigenvalue weighted by atomic mass is 35.5. The number of rotatable bonds is 8. The maximum atomic E-state index is 13.2. The van der Waals surface area contributed by atoms with Crippen LogP contribution in [0, 0.1) is 5.41 Å². The Bertz CT molecular complexity index is 914. The maximum absolute atomic E-state index is 13.2. The first kappa shape index (κ1) is 22.6. The van der Waals surface area contributed by atoms with Gasteiger partial charge in [-0.25, -0.2) is 0 Å². The molecule has 1 fully saturated rings. The van der Waals surface area contributed by atoms with E-state index in [1.54, 1.807) is 12.1 Å². The lowest BCUT2D eigenvalue weighted by Gasteiger charge is -2.34. The van der Waals surface area contributed by atoms with Crippen LogP contribution in [0.25, 0.3) is 10.9 Å². The van der Waals surface area contributed by atoms with E-state index in [0.717, 1.165) is 37.6 Å². The number of hydrogen-bond acceptors (Lipinski definition) is 4. The number of benzene rings is 1. The molecular weight excluding hydrogens is 402 g/mol. The second-order valence-corrected chi connectivity index (χ2v) is 9.57. The maximum Gasteiger partial charge on any atom is 0.273 e. The number of unbranched alkanes of at least 4 members (excludes halogenated alkanes) is 1. The quantitative estimate of drug-likeness (QED) is 0.556. The predicted molar refractivity (Wildman–Crippen MR) is 120 cm³/mol. The van der Waals surface area contributed by atoms with Crippen LogP contribution in [0.2, 0.25) is 5.02 Å². The van der Waals surface area contributed by atoms with Gasteiger partial charge in [-0.15, -0.1) is 0 Å². The van der Waals surface area contributed by atoms with Crippen LogP contribution in [0.3, 0.4) is 0 Å². The minimum Gasteiger partial charge on any atom is -0.352 e. The lowest BCUT2D eigenvalue weighted by molar-refractivity contribution is -0.126. The van der Waals surface area contributed by atoms with Crippen LogP contribution in [0.4, 0.5) is 0 Å². The highest BCUT2D eigenvalue weighted by molar-refractivity contribution is 6.31. The fourth-order valence-electron chi connectivity index (χ4n) is 3.61. The van der Waals surface area contributed by atoms with E-state index in [1.807, 2.05) is 31.5 Å². The van der Waals surface area contributed by atoms with Crippen LogP contribution in [0.15, 0.2) is 18.2 Å². The third-order valence-electron chi connectivity index (χ3n) is 5.61. The fourth-order valence-corrected chi connectivity index (χ4v) is 3.78. The van der Waals surface area contributed by atoms with Gasteiger partial charge in [0.05, 0.1) is 5.52 Å². The highest BCUT2D eigenvalue weighted by Crippen LogP contribution is 2.26. The van der Waals surface area contributed by atoms with Gasteiger partial charge in [-0.05, 0) is 62.3 Å². The van der Waals surface area contributed by atoms with E-state index in [0.29, 0.717) is 23.5 Å². The summed E-state index contributed by atoms with van der Waals surface area (Å²) in [5, 5.41) is 11.8. The zero-order chi connectivity index (χ0) is 21.9. The Kier molecular flexibility index (Phi) is 7.03. The van der Waals surface area contributed by atoms with Gasteiger partial charge in [-0.1, -0.05) is 32.4 Å². The Balaban J connectivity index is 1.86. The number of carbonyl (C=O) groups is 2. The second kappa shape index (κ2) is 9.35. The molecule has 1 atom stereocenters. The summed E-state index contributed by atoms with van der Waals surface area (Å²) < 4.78 is 1.82. The van der Waals surface area contributed by atoms with Crippen molar-refractivity contribution in [2.45, 2.75) is 71.5 Å². The molecule has 8 heteroatoms. The number of carbonyl (C=O) groups excluding carboxylic acids is 2. The largest absolute Gasteiger partial charge is 0.352 e. The standard InChI is InChI=1S/C22H32ClN5O2/c1-22(2,3)19(21(30)25-15-7-6-8-15)26-20(29)18-16-13-14(23)9-10-17(16)28(27-18)12-5-4-11-24/h9-10,13,15,19H,4-8,11-12,24H2,1-3H3,(H,25,30)(H,26,29)/t19-/m1/s1. The number of nitrogens with one attached hydrogen (secondary N) is 2. The molecular formula is C22H32ClN5O2. The van der Waals surface area contributed by atoms with E-state index in [9.17, 15) is 9.59 Å². The number of halogens is 1. The topological polar surface area (TPSA) is 102 Å². The van der Waals surface area contributed by atoms with Crippen LogP contribution in [-0.2, 0) is 11.3 Å². The second-order valence-electron chi connectivity index (χ2n) is 9.14. The number of nitrogens with zero attached hydrogens (tertiary/aromatic N) is 2. The molecule has 0 saturated heterocycles. The minimum absolute atomic E-state index is 0.148. The van der Waals surface area contributed by atoms with Crippen molar-refractivity contribution in [3.8, 4) is 0 Å². The first-order valence-corrected chi connectivity index (χ1v) is 11.1. The molecule has 0 spiro atoms. The zero-order valence-electron chi connectivity index (χ0n) is 18.0. The van der Waals surface area contributed by atoms with Crippen molar-refractivity contribution in [1.29, 1.82) is 0 Å². The first-order valence-electron chi connectivity index (χ1n) is 10.7. The van der Waals surface area contributed by atoms with Crippen LogP contribution in [0.5, 0.6) is 0 Å². The van der Waals surface area contributed by atoms with Gasteiger partial charge in [0.15, 0.2) is 5.69 Å². The normalized spacial score (nSPS) is 15.6. The van der Waals surface area contributed by atoms with E-state index in [-0.39, 0.29) is 23.6 Å². The van der Waals surface area contributed by atoms with Crippen LogP contribution in [-0.4, -0.2) is 40.2 Å². The molecule has 1 heterocycles. The average Bonchev–Trinajstić information content (AvgIpc) is 2.99. The molecule has 4 N–H and O–H groups in total. The molecule has 2 amide bonds. The summed E-state index contributed by atoms with van der Waals surface area (Å²) >= 11 is 6.19. The van der Waals surface area contributed by atoms with Crippen molar-refractivity contribution in [2.24, 2.45) is 11.1 Å². The summed E-state index contributed by atoms with van der Waals surface area (Å²) in [6.07, 6.45) is 4.86. The van der Waals surface area contributed by atoms with Crippen molar-refractivity contribution in [2.75, 3.05) is 6.54 Å². The molecule has 3 rings (SSSR count). The van der Waals surface area contributed by atoms with Gasteiger partial charge in [0, 0.05) is 23.0 Å². The Labute approximate surface area is 182 Å². The highest BCUT2D eigenvalue weighted by Gasteiger charge is 2.35. The van der Waals surface area contributed by atoms with E-state index in [4.69, 9.17) is 17.3 Å². The molecule has 0 bridgehead atoms. The molecule has 0 unspecified atom stereocenters. The molecule has 2 aromatic rings. The third kappa shape index (κ3) is 5.13. The summed E-state index contributed by atoms with van der Waals surface area (Å²) in [5.74, 6) is -0.520. The summed E-state index contributed by atoms with van der Waals surface area (Å²) in [6, 6.07) is 4.95. The molecule has 1 aliphatic carbocycles. The molecule has 30 heavy (non-hydrogen) atoms. The Morgan fingerprint density at radius 1 is 1.30 bits per heavy atom. The van der Waals surface area contributed by atoms with Gasteiger partial charge >= 0.3 is 0 Å². The van der Waals surface area contributed by atoms with E-state index >= 15 is 0 Å². The fraction of sp³-hybridized carbons (Fsp3) is 0.591. The molecule has 7 nitrogen and oxygen atoms in total. The van der Waals surface area contributed by atoms with E-state index in [1.165, 1.54) is 0 Å². The van der Waals surface area contributed by atoms with Crippen molar-refractivity contribution in [3.63, 3.8) is 0 Å². The molecule has 164 valence electrons. The summed E-state index contributed by atoms with van der Waals surface area (Å²) in [5.41, 5.74) is 6.28. The molecule has 0 aliphatic heterocycles. The van der Waals surface area contributed by atoms with Gasteiger partial charge in [0.1, 0.15) is 6.04 Å². The van der Waals surface area contributed by atoms with Gasteiger partial charge in [0.25, 0.3) is 5.91 Å². The lowest BCUT2D eigenvalue weighted by atomic mass is 9.85. The first-order chi connectivity index (χ1) is 14.2. The van der Waals surface area contributed by atoms with Crippen LogP contribution in [0.1, 0.15) is 63.4 Å². The van der Waals surface area contributed by atoms with E-state index < -0.39 is 11.5 Å². The summed E-state index contributed by atoms with van der Waals surface area (Å²) in [4.78, 5) is 26.1. The summed E-state index contributed by atoms with van der Waals surface area (Å²) in [6.45, 7) is 7.10. The minimum atomic E-state index is -0.665. The van der Waals surface area contributed by atoms with Crippen molar-refractivity contribution in [3.05, 3.63) is 28.9 Å². The zero-order valence-corrected chi connectivity index (χ0v) is 18.8. The average molecular weight is 434 g/mol. The number of aromatic nitrogens is 2. The Morgan fingerprint density at radius 2 is 2.03 bits per heavy atom. The molecule has 1 aliphatic rings. The van der Waals surface area contributed by atoms with Crippen molar-refractivity contribution < 1.29 is 9.59 Å². The predicted octanol–water partition coefficient (Wildman–Crippen LogP) is 3.24. The Hall–Kier alpha value is -2.12. The molecule has 1 aromatic heterocycles. The monoisotopic (exact) mass is 433 g/mol.